The average Bonchev–Trinajstić information content (AvgIpc) is 3.21. The second-order valence-corrected chi connectivity index (χ2v) is 8.99. The summed E-state index contributed by atoms with van der Waals surface area (Å²) in [5.74, 6) is 2.89. The monoisotopic (exact) mass is 481 g/mol. The van der Waals surface area contributed by atoms with Crippen LogP contribution in [0.5, 0.6) is 23.1 Å². The molecular weight excluding hydrogens is 442 g/mol. The van der Waals surface area contributed by atoms with Crippen LogP contribution in [-0.4, -0.2) is 53.2 Å². The summed E-state index contributed by atoms with van der Waals surface area (Å²) in [6, 6.07) is 15.4. The molecular formula is C28H39N3O4. The number of aromatic nitrogens is 2. The highest BCUT2D eigenvalue weighted by Gasteiger charge is 2.24. The maximum Gasteiger partial charge on any atom is 0.227 e. The van der Waals surface area contributed by atoms with Crippen LogP contribution in [0.15, 0.2) is 48.5 Å². The zero-order chi connectivity index (χ0) is 25.4. The molecule has 0 spiro atoms. The fourth-order valence-electron chi connectivity index (χ4n) is 3.98. The number of para-hydroxylation sites is 2. The lowest BCUT2D eigenvalue weighted by Gasteiger charge is -2.26. The van der Waals surface area contributed by atoms with Gasteiger partial charge in [0.1, 0.15) is 5.75 Å². The molecule has 0 fully saturated rings. The van der Waals surface area contributed by atoms with Gasteiger partial charge in [-0.3, -0.25) is 4.90 Å². The maximum atomic E-state index is 10.6. The van der Waals surface area contributed by atoms with Crippen LogP contribution in [0.1, 0.15) is 45.4 Å². The van der Waals surface area contributed by atoms with Crippen molar-refractivity contribution >= 4 is 0 Å². The average molecular weight is 482 g/mol. The van der Waals surface area contributed by atoms with Gasteiger partial charge in [0, 0.05) is 13.1 Å². The summed E-state index contributed by atoms with van der Waals surface area (Å²) >= 11 is 0. The van der Waals surface area contributed by atoms with Crippen LogP contribution in [0, 0.1) is 5.92 Å². The summed E-state index contributed by atoms with van der Waals surface area (Å²) in [6.45, 7) is 10.4. The Morgan fingerprint density at radius 3 is 2.23 bits per heavy atom. The Hall–Kier alpha value is -3.03. The number of aryl methyl sites for hydroxylation is 1. The number of aliphatic hydroxyl groups is 1. The first-order valence-corrected chi connectivity index (χ1v) is 12.4. The lowest BCUT2D eigenvalue weighted by atomic mass is 10.1. The van der Waals surface area contributed by atoms with Crippen LogP contribution in [0.2, 0.25) is 0 Å². The molecule has 3 rings (SSSR count). The van der Waals surface area contributed by atoms with E-state index in [1.807, 2.05) is 67.1 Å². The van der Waals surface area contributed by atoms with Crippen LogP contribution in [0.3, 0.4) is 0 Å². The van der Waals surface area contributed by atoms with Crippen molar-refractivity contribution in [2.75, 3.05) is 27.3 Å². The number of methoxy groups -OCH3 is 2. The van der Waals surface area contributed by atoms with E-state index in [1.54, 1.807) is 14.2 Å². The molecule has 7 heteroatoms. The van der Waals surface area contributed by atoms with Gasteiger partial charge >= 0.3 is 0 Å². The van der Waals surface area contributed by atoms with E-state index in [4.69, 9.17) is 19.3 Å². The van der Waals surface area contributed by atoms with Gasteiger partial charge in [-0.15, -0.1) is 0 Å². The van der Waals surface area contributed by atoms with E-state index in [0.717, 1.165) is 42.1 Å². The van der Waals surface area contributed by atoms with Gasteiger partial charge in [0.15, 0.2) is 11.5 Å². The van der Waals surface area contributed by atoms with Gasteiger partial charge in [-0.1, -0.05) is 39.8 Å². The Balaban J connectivity index is 2.10. The maximum absolute atomic E-state index is 10.6. The quantitative estimate of drug-likeness (QED) is 0.349. The summed E-state index contributed by atoms with van der Waals surface area (Å²) in [5, 5.41) is 15.6. The van der Waals surface area contributed by atoms with Gasteiger partial charge in [0.2, 0.25) is 5.88 Å². The first-order valence-electron chi connectivity index (χ1n) is 12.4. The number of rotatable bonds is 13. The van der Waals surface area contributed by atoms with Crippen molar-refractivity contribution in [3.8, 4) is 28.8 Å². The minimum atomic E-state index is -0.401. The Bertz CT molecular complexity index is 1060. The molecule has 0 aliphatic carbocycles. The van der Waals surface area contributed by atoms with Crippen LogP contribution in [-0.2, 0) is 13.0 Å². The molecule has 0 bridgehead atoms. The van der Waals surface area contributed by atoms with Gasteiger partial charge in [-0.05, 0) is 61.7 Å². The number of hydrogen-bond donors (Lipinski definition) is 1. The molecule has 35 heavy (non-hydrogen) atoms. The number of hydrogen-bond acceptors (Lipinski definition) is 6. The molecule has 1 heterocycles. The van der Waals surface area contributed by atoms with Crippen LogP contribution >= 0.6 is 0 Å². The summed E-state index contributed by atoms with van der Waals surface area (Å²) in [4.78, 5) is 2.29. The van der Waals surface area contributed by atoms with E-state index in [2.05, 4.69) is 18.7 Å². The fraction of sp³-hybridized carbons (Fsp3) is 0.464. The third kappa shape index (κ3) is 6.55. The van der Waals surface area contributed by atoms with Crippen molar-refractivity contribution in [3.63, 3.8) is 0 Å². The molecule has 1 atom stereocenters. The largest absolute Gasteiger partial charge is 0.497 e. The van der Waals surface area contributed by atoms with Gasteiger partial charge < -0.3 is 19.3 Å². The Morgan fingerprint density at radius 2 is 1.66 bits per heavy atom. The van der Waals surface area contributed by atoms with Gasteiger partial charge in [0.25, 0.3) is 0 Å². The van der Waals surface area contributed by atoms with Crippen molar-refractivity contribution < 1.29 is 19.3 Å². The molecule has 3 aromatic rings. The Labute approximate surface area is 209 Å². The van der Waals surface area contributed by atoms with Crippen molar-refractivity contribution in [3.05, 3.63) is 59.8 Å². The van der Waals surface area contributed by atoms with E-state index in [9.17, 15) is 5.11 Å². The minimum Gasteiger partial charge on any atom is -0.497 e. The molecule has 190 valence electrons. The Morgan fingerprint density at radius 1 is 0.971 bits per heavy atom. The van der Waals surface area contributed by atoms with Crippen LogP contribution in [0.4, 0.5) is 0 Å². The normalized spacial score (nSPS) is 12.3. The standard InChI is InChI=1S/C28H39N3O4/c1-7-17-30(19-25(32)20(3)4)18-23-24(8-2)29-31(21-13-15-22(33-5)16-14-21)28(23)35-27-12-10-9-11-26(27)34-6/h9-16,20,25,32H,7-8,17-19H2,1-6H3/t25-/m0/s1. The number of benzene rings is 2. The molecule has 0 amide bonds. The zero-order valence-electron chi connectivity index (χ0n) is 21.8. The highest BCUT2D eigenvalue weighted by Crippen LogP contribution is 2.36. The zero-order valence-corrected chi connectivity index (χ0v) is 21.8. The SMILES string of the molecule is CCCN(Cc1c(CC)nn(-c2ccc(OC)cc2)c1Oc1ccccc1OC)C[C@H](O)C(C)C. The van der Waals surface area contributed by atoms with Crippen LogP contribution < -0.4 is 14.2 Å². The fourth-order valence-corrected chi connectivity index (χ4v) is 3.98. The van der Waals surface area contributed by atoms with Gasteiger partial charge in [-0.2, -0.15) is 5.10 Å². The molecule has 1 aromatic heterocycles. The van der Waals surface area contributed by atoms with E-state index >= 15 is 0 Å². The predicted octanol–water partition coefficient (Wildman–Crippen LogP) is 5.47. The minimum absolute atomic E-state index is 0.186. The van der Waals surface area contributed by atoms with Crippen molar-refractivity contribution in [1.82, 2.24) is 14.7 Å². The molecule has 0 saturated carbocycles. The third-order valence-electron chi connectivity index (χ3n) is 6.08. The lowest BCUT2D eigenvalue weighted by molar-refractivity contribution is 0.0728. The smallest absolute Gasteiger partial charge is 0.227 e. The molecule has 0 unspecified atom stereocenters. The molecule has 1 N–H and O–H groups in total. The second kappa shape index (κ2) is 12.6. The number of nitrogens with zero attached hydrogens (tertiary/aromatic N) is 3. The number of aliphatic hydroxyl groups excluding tert-OH is 1. The van der Waals surface area contributed by atoms with Crippen molar-refractivity contribution in [2.24, 2.45) is 5.92 Å². The highest BCUT2D eigenvalue weighted by molar-refractivity contribution is 5.48. The van der Waals surface area contributed by atoms with E-state index in [1.165, 1.54) is 0 Å². The van der Waals surface area contributed by atoms with Gasteiger partial charge in [-0.25, -0.2) is 4.68 Å². The molecule has 0 radical (unpaired) electrons. The topological polar surface area (TPSA) is 69.0 Å². The molecule has 0 aliphatic rings. The molecule has 7 nitrogen and oxygen atoms in total. The lowest BCUT2D eigenvalue weighted by Crippen LogP contribution is -2.35. The van der Waals surface area contributed by atoms with E-state index < -0.39 is 6.10 Å². The van der Waals surface area contributed by atoms with Crippen molar-refractivity contribution in [1.29, 1.82) is 0 Å². The predicted molar refractivity (Wildman–Crippen MR) is 139 cm³/mol. The van der Waals surface area contributed by atoms with Crippen LogP contribution in [0.25, 0.3) is 5.69 Å². The van der Waals surface area contributed by atoms with E-state index in [-0.39, 0.29) is 5.92 Å². The summed E-state index contributed by atoms with van der Waals surface area (Å²) in [6.07, 6.45) is 1.34. The summed E-state index contributed by atoms with van der Waals surface area (Å²) in [5.41, 5.74) is 2.85. The second-order valence-electron chi connectivity index (χ2n) is 8.99. The highest BCUT2D eigenvalue weighted by atomic mass is 16.5. The first-order chi connectivity index (χ1) is 16.9. The molecule has 0 aliphatic heterocycles. The Kier molecular flexibility index (Phi) is 9.57. The summed E-state index contributed by atoms with van der Waals surface area (Å²) < 4.78 is 19.3. The van der Waals surface area contributed by atoms with Gasteiger partial charge in [0.05, 0.1) is 37.3 Å². The van der Waals surface area contributed by atoms with E-state index in [0.29, 0.717) is 30.5 Å². The number of ether oxygens (including phenoxy) is 3. The van der Waals surface area contributed by atoms with Crippen molar-refractivity contribution in [2.45, 2.75) is 53.2 Å². The third-order valence-corrected chi connectivity index (χ3v) is 6.08. The first kappa shape index (κ1) is 26.6. The molecule has 0 saturated heterocycles. The summed E-state index contributed by atoms with van der Waals surface area (Å²) in [7, 11) is 3.29. The molecule has 2 aromatic carbocycles.